The Morgan fingerprint density at radius 3 is 1.44 bits per heavy atom. The van der Waals surface area contributed by atoms with Crippen molar-refractivity contribution in [1.29, 1.82) is 0 Å². The van der Waals surface area contributed by atoms with Gasteiger partial charge < -0.3 is 61.1 Å². The van der Waals surface area contributed by atoms with E-state index in [2.05, 4.69) is 37.2 Å². The van der Waals surface area contributed by atoms with Gasteiger partial charge in [-0.1, -0.05) is 74.5 Å². The standard InChI is InChI=1S/C55H86N8O12/c1-37(2)34-41(60-45(65)42(35-38-22-15-13-16-23-38)61-46(66)43(36-39-24-17-14-18-25-39)62-51(71)75-54(9,10)11)44(64)59-40(26-19-20-29-56-49(69)73-52(3,4)5)47(67)63-32-27-55(28-33-63,48(68)72-12)58-31-21-30-57-50(70)74-53(6,7)8/h13-18,22-25,37,40-43,58H,19-21,26-36H2,1-12H3,(H,56,69)(H,57,70)(H,59,64)(H,60,65)(H,61,66)(H,62,71)/t40-,41-,42-,43-/m1/s1. The van der Waals surface area contributed by atoms with Crippen LogP contribution in [-0.4, -0.2) is 139 Å². The number of piperidine rings is 1. The second-order valence-electron chi connectivity index (χ2n) is 22.4. The van der Waals surface area contributed by atoms with Gasteiger partial charge in [-0.05, 0) is 131 Å². The molecular weight excluding hydrogens is 965 g/mol. The fourth-order valence-electron chi connectivity index (χ4n) is 8.22. The average Bonchev–Trinajstić information content (AvgIpc) is 3.31. The molecule has 1 saturated heterocycles. The number of benzene rings is 2. The van der Waals surface area contributed by atoms with Crippen LogP contribution in [0.5, 0.6) is 0 Å². The number of unbranched alkanes of at least 4 members (excludes halogenated alkanes) is 1. The minimum Gasteiger partial charge on any atom is -0.468 e. The third-order valence-corrected chi connectivity index (χ3v) is 11.7. The number of esters is 1. The summed E-state index contributed by atoms with van der Waals surface area (Å²) in [7, 11) is 1.30. The van der Waals surface area contributed by atoms with Gasteiger partial charge >= 0.3 is 24.2 Å². The Morgan fingerprint density at radius 1 is 0.547 bits per heavy atom. The summed E-state index contributed by atoms with van der Waals surface area (Å²) in [4.78, 5) is 110. The summed E-state index contributed by atoms with van der Waals surface area (Å²) in [5.41, 5.74) is -1.84. The van der Waals surface area contributed by atoms with E-state index in [4.69, 9.17) is 18.9 Å². The molecule has 418 valence electrons. The fraction of sp³-hybridized carbons (Fsp3) is 0.636. The van der Waals surface area contributed by atoms with Crippen molar-refractivity contribution in [2.24, 2.45) is 5.92 Å². The van der Waals surface area contributed by atoms with E-state index in [0.29, 0.717) is 32.4 Å². The molecule has 0 unspecified atom stereocenters. The summed E-state index contributed by atoms with van der Waals surface area (Å²) in [6, 6.07) is 13.5. The van der Waals surface area contributed by atoms with E-state index in [1.807, 2.05) is 62.4 Å². The molecule has 0 spiro atoms. The molecule has 0 radical (unpaired) electrons. The first-order chi connectivity index (χ1) is 35.1. The predicted octanol–water partition coefficient (Wildman–Crippen LogP) is 5.60. The molecular formula is C55H86N8O12. The number of carbonyl (C=O) groups excluding carboxylic acids is 8. The number of nitrogens with one attached hydrogen (secondary N) is 7. The SMILES string of the molecule is COC(=O)C1(NCCCNC(=O)OC(C)(C)C)CCN(C(=O)[C@@H](CCCCNC(=O)OC(C)(C)C)NC(=O)[C@@H](CC(C)C)NC(=O)[C@@H](Cc2ccccc2)NC(=O)[C@@H](Cc2ccccc2)NC(=O)OC(C)(C)C)CC1. The van der Waals surface area contributed by atoms with E-state index < -0.39 is 94.4 Å². The highest BCUT2D eigenvalue weighted by atomic mass is 16.6. The van der Waals surface area contributed by atoms with Gasteiger partial charge in [0.2, 0.25) is 23.6 Å². The molecule has 7 amide bonds. The molecule has 4 atom stereocenters. The maximum absolute atomic E-state index is 14.6. The van der Waals surface area contributed by atoms with Crippen LogP contribution >= 0.6 is 0 Å². The number of nitrogens with zero attached hydrogens (tertiary/aromatic N) is 1. The van der Waals surface area contributed by atoms with E-state index in [1.165, 1.54) is 7.11 Å². The Balaban J connectivity index is 1.87. The Hall–Kier alpha value is -6.44. The highest BCUT2D eigenvalue weighted by Crippen LogP contribution is 2.25. The topological polar surface area (TPSA) is 261 Å². The third-order valence-electron chi connectivity index (χ3n) is 11.7. The first-order valence-corrected chi connectivity index (χ1v) is 26.1. The summed E-state index contributed by atoms with van der Waals surface area (Å²) >= 11 is 0. The third kappa shape index (κ3) is 24.2. The lowest BCUT2D eigenvalue weighted by atomic mass is 9.86. The van der Waals surface area contributed by atoms with Gasteiger partial charge in [0, 0.05) is 39.0 Å². The van der Waals surface area contributed by atoms with Crippen molar-refractivity contribution in [2.75, 3.05) is 39.8 Å². The highest BCUT2D eigenvalue weighted by molar-refractivity contribution is 5.95. The highest BCUT2D eigenvalue weighted by Gasteiger charge is 2.44. The van der Waals surface area contributed by atoms with Crippen molar-refractivity contribution < 1.29 is 57.3 Å². The number of amides is 7. The molecule has 1 fully saturated rings. The van der Waals surface area contributed by atoms with Crippen LogP contribution < -0.4 is 37.2 Å². The van der Waals surface area contributed by atoms with E-state index in [1.54, 1.807) is 79.3 Å². The number of methoxy groups -OCH3 is 1. The minimum atomic E-state index is -1.21. The molecule has 3 rings (SSSR count). The predicted molar refractivity (Wildman–Crippen MR) is 284 cm³/mol. The van der Waals surface area contributed by atoms with Crippen molar-refractivity contribution in [2.45, 2.75) is 180 Å². The lowest BCUT2D eigenvalue weighted by molar-refractivity contribution is -0.153. The van der Waals surface area contributed by atoms with Gasteiger partial charge in [-0.3, -0.25) is 24.0 Å². The molecule has 0 bridgehead atoms. The molecule has 2 aromatic rings. The Labute approximate surface area is 444 Å². The van der Waals surface area contributed by atoms with E-state index in [-0.39, 0.29) is 64.1 Å². The van der Waals surface area contributed by atoms with E-state index in [9.17, 15) is 38.4 Å². The lowest BCUT2D eigenvalue weighted by Gasteiger charge is -2.41. The van der Waals surface area contributed by atoms with Gasteiger partial charge in [-0.15, -0.1) is 0 Å². The van der Waals surface area contributed by atoms with Crippen molar-refractivity contribution in [3.8, 4) is 0 Å². The van der Waals surface area contributed by atoms with Gasteiger partial charge in [0.25, 0.3) is 0 Å². The fourth-order valence-corrected chi connectivity index (χ4v) is 8.22. The number of alkyl carbamates (subject to hydrolysis) is 3. The van der Waals surface area contributed by atoms with Gasteiger partial charge in [0.05, 0.1) is 7.11 Å². The molecule has 0 aromatic heterocycles. The van der Waals surface area contributed by atoms with Crippen LogP contribution in [0.25, 0.3) is 0 Å². The number of rotatable bonds is 25. The van der Waals surface area contributed by atoms with Crippen molar-refractivity contribution in [3.05, 3.63) is 71.8 Å². The van der Waals surface area contributed by atoms with Crippen LogP contribution in [0, 0.1) is 5.92 Å². The number of likely N-dealkylation sites (tertiary alicyclic amines) is 1. The molecule has 20 nitrogen and oxygen atoms in total. The molecule has 20 heteroatoms. The van der Waals surface area contributed by atoms with Crippen LogP contribution in [0.15, 0.2) is 60.7 Å². The smallest absolute Gasteiger partial charge is 0.408 e. The molecule has 7 N–H and O–H groups in total. The van der Waals surface area contributed by atoms with Crippen molar-refractivity contribution in [3.63, 3.8) is 0 Å². The van der Waals surface area contributed by atoms with Crippen molar-refractivity contribution in [1.82, 2.24) is 42.1 Å². The van der Waals surface area contributed by atoms with Crippen LogP contribution in [-0.2, 0) is 55.8 Å². The number of carbonyl (C=O) groups is 8. The second kappa shape index (κ2) is 29.6. The van der Waals surface area contributed by atoms with Gasteiger partial charge in [-0.2, -0.15) is 0 Å². The molecule has 75 heavy (non-hydrogen) atoms. The molecule has 0 saturated carbocycles. The van der Waals surface area contributed by atoms with E-state index >= 15 is 0 Å². The van der Waals surface area contributed by atoms with Crippen LogP contribution in [0.3, 0.4) is 0 Å². The monoisotopic (exact) mass is 1050 g/mol. The van der Waals surface area contributed by atoms with Crippen LogP contribution in [0.1, 0.15) is 132 Å². The molecule has 1 aliphatic heterocycles. The van der Waals surface area contributed by atoms with Crippen molar-refractivity contribution >= 4 is 47.9 Å². The van der Waals surface area contributed by atoms with Crippen LogP contribution in [0.4, 0.5) is 14.4 Å². The first kappa shape index (κ1) is 62.9. The summed E-state index contributed by atoms with van der Waals surface area (Å²) in [6.45, 7) is 20.6. The second-order valence-corrected chi connectivity index (χ2v) is 22.4. The summed E-state index contributed by atoms with van der Waals surface area (Å²) < 4.78 is 21.4. The summed E-state index contributed by atoms with van der Waals surface area (Å²) in [6.07, 6.45) is 0.241. The molecule has 1 aliphatic rings. The quantitative estimate of drug-likeness (QED) is 0.0364. The lowest BCUT2D eigenvalue weighted by Crippen LogP contribution is -2.62. The Bertz CT molecular complexity index is 2160. The Morgan fingerprint density at radius 2 is 0.973 bits per heavy atom. The van der Waals surface area contributed by atoms with Crippen LogP contribution in [0.2, 0.25) is 0 Å². The number of ether oxygens (including phenoxy) is 4. The average molecular weight is 1050 g/mol. The maximum atomic E-state index is 14.6. The molecule has 0 aliphatic carbocycles. The zero-order valence-corrected chi connectivity index (χ0v) is 46.4. The summed E-state index contributed by atoms with van der Waals surface area (Å²) in [5.74, 6) is -2.93. The Kier molecular flexibility index (Phi) is 24.8. The minimum absolute atomic E-state index is 0.0389. The maximum Gasteiger partial charge on any atom is 0.408 e. The number of hydrogen-bond acceptors (Lipinski definition) is 13. The van der Waals surface area contributed by atoms with E-state index in [0.717, 1.165) is 11.1 Å². The summed E-state index contributed by atoms with van der Waals surface area (Å²) in [5, 5.41) is 20.1. The molecule has 2 aromatic carbocycles. The largest absolute Gasteiger partial charge is 0.468 e. The zero-order chi connectivity index (χ0) is 56.0. The van der Waals surface area contributed by atoms with Gasteiger partial charge in [-0.25, -0.2) is 14.4 Å². The van der Waals surface area contributed by atoms with Gasteiger partial charge in [0.1, 0.15) is 46.5 Å². The molecule has 1 heterocycles. The zero-order valence-electron chi connectivity index (χ0n) is 46.4. The first-order valence-electron chi connectivity index (χ1n) is 26.1. The normalized spacial score (nSPS) is 15.2. The number of hydrogen-bond donors (Lipinski definition) is 7. The van der Waals surface area contributed by atoms with Gasteiger partial charge in [0.15, 0.2) is 0 Å².